The highest BCUT2D eigenvalue weighted by Crippen LogP contribution is 2.50. The van der Waals surface area contributed by atoms with Gasteiger partial charge in [0.25, 0.3) is 0 Å². The zero-order valence-corrected chi connectivity index (χ0v) is 10.7. The Labute approximate surface area is 109 Å². The topological polar surface area (TPSA) is 52.1 Å². The van der Waals surface area contributed by atoms with E-state index in [1.165, 1.54) is 18.4 Å². The lowest BCUT2D eigenvalue weighted by atomic mass is 10.1. The molecule has 4 nitrogen and oxygen atoms in total. The number of nitrogens with zero attached hydrogens (tertiary/aromatic N) is 2. The molecule has 2 aromatic heterocycles. The summed E-state index contributed by atoms with van der Waals surface area (Å²) in [4.78, 5) is 20.3. The van der Waals surface area contributed by atoms with Gasteiger partial charge in [-0.15, -0.1) is 11.3 Å². The van der Waals surface area contributed by atoms with E-state index in [9.17, 15) is 4.79 Å². The van der Waals surface area contributed by atoms with Gasteiger partial charge in [-0.3, -0.25) is 9.78 Å². The van der Waals surface area contributed by atoms with Crippen LogP contribution in [0.5, 0.6) is 0 Å². The number of methoxy groups -OCH3 is 1. The summed E-state index contributed by atoms with van der Waals surface area (Å²) in [6.45, 7) is 0. The number of thiazole rings is 1. The number of pyridine rings is 1. The summed E-state index contributed by atoms with van der Waals surface area (Å²) in [6, 6.07) is 3.83. The molecule has 2 aromatic rings. The average molecular weight is 260 g/mol. The van der Waals surface area contributed by atoms with E-state index in [-0.39, 0.29) is 5.97 Å². The van der Waals surface area contributed by atoms with Crippen LogP contribution in [-0.4, -0.2) is 23.0 Å². The molecule has 0 bridgehead atoms. The van der Waals surface area contributed by atoms with Crippen LogP contribution < -0.4 is 0 Å². The van der Waals surface area contributed by atoms with Crippen LogP contribution in [0.15, 0.2) is 29.9 Å². The first-order valence-electron chi connectivity index (χ1n) is 5.71. The van der Waals surface area contributed by atoms with E-state index in [1.54, 1.807) is 12.4 Å². The Bertz CT molecular complexity index is 576. The van der Waals surface area contributed by atoms with Gasteiger partial charge in [-0.25, -0.2) is 4.98 Å². The van der Waals surface area contributed by atoms with E-state index >= 15 is 0 Å². The Morgan fingerprint density at radius 2 is 2.11 bits per heavy atom. The Balaban J connectivity index is 1.94. The van der Waals surface area contributed by atoms with Gasteiger partial charge in [0.2, 0.25) is 0 Å². The molecule has 0 spiro atoms. The molecule has 3 rings (SSSR count). The maximum absolute atomic E-state index is 11.8. The fraction of sp³-hybridized carbons (Fsp3) is 0.308. The van der Waals surface area contributed by atoms with Gasteiger partial charge in [0.15, 0.2) is 0 Å². The number of aromatic nitrogens is 2. The third-order valence-corrected chi connectivity index (χ3v) is 4.26. The lowest BCUT2D eigenvalue weighted by Crippen LogP contribution is -2.21. The van der Waals surface area contributed by atoms with Gasteiger partial charge < -0.3 is 4.74 Å². The van der Waals surface area contributed by atoms with Crippen LogP contribution in [0, 0.1) is 0 Å². The molecule has 1 saturated carbocycles. The summed E-state index contributed by atoms with van der Waals surface area (Å²) >= 11 is 1.53. The Hall–Kier alpha value is -1.75. The molecule has 1 aliphatic carbocycles. The molecule has 92 valence electrons. The first-order valence-corrected chi connectivity index (χ1v) is 6.59. The molecule has 1 fully saturated rings. The lowest BCUT2D eigenvalue weighted by Gasteiger charge is -2.08. The molecule has 0 N–H and O–H groups in total. The molecule has 2 heterocycles. The predicted molar refractivity (Wildman–Crippen MR) is 68.3 cm³/mol. The molecule has 0 aliphatic heterocycles. The normalized spacial score (nSPS) is 16.3. The summed E-state index contributed by atoms with van der Waals surface area (Å²) < 4.78 is 4.86. The highest BCUT2D eigenvalue weighted by atomic mass is 32.1. The van der Waals surface area contributed by atoms with Crippen molar-refractivity contribution >= 4 is 17.3 Å². The predicted octanol–water partition coefficient (Wildman–Crippen LogP) is 2.41. The van der Waals surface area contributed by atoms with Crippen molar-refractivity contribution in [2.75, 3.05) is 7.11 Å². The minimum absolute atomic E-state index is 0.168. The van der Waals surface area contributed by atoms with Gasteiger partial charge in [0.1, 0.15) is 10.4 Å². The van der Waals surface area contributed by atoms with Gasteiger partial charge in [-0.05, 0) is 25.0 Å². The van der Waals surface area contributed by atoms with E-state index in [0.29, 0.717) is 0 Å². The van der Waals surface area contributed by atoms with Gasteiger partial charge in [0, 0.05) is 23.3 Å². The summed E-state index contributed by atoms with van der Waals surface area (Å²) in [5, 5.41) is 2.84. The molecule has 1 aliphatic rings. The third-order valence-electron chi connectivity index (χ3n) is 3.22. The SMILES string of the molecule is COC(=O)C1(c2nc(-c3ccncc3)cs2)CC1. The summed E-state index contributed by atoms with van der Waals surface area (Å²) in [6.07, 6.45) is 5.15. The van der Waals surface area contributed by atoms with Crippen molar-refractivity contribution in [3.63, 3.8) is 0 Å². The number of ether oxygens (including phenoxy) is 1. The molecular weight excluding hydrogens is 248 g/mol. The zero-order valence-electron chi connectivity index (χ0n) is 9.92. The molecule has 0 atom stereocenters. The Morgan fingerprint density at radius 3 is 2.72 bits per heavy atom. The van der Waals surface area contributed by atoms with Crippen molar-refractivity contribution in [3.05, 3.63) is 34.9 Å². The van der Waals surface area contributed by atoms with E-state index in [0.717, 1.165) is 29.1 Å². The second kappa shape index (κ2) is 4.17. The van der Waals surface area contributed by atoms with Crippen LogP contribution in [0.1, 0.15) is 17.8 Å². The molecule has 0 unspecified atom stereocenters. The molecule has 0 amide bonds. The first-order chi connectivity index (χ1) is 8.76. The third kappa shape index (κ3) is 1.71. The van der Waals surface area contributed by atoms with E-state index in [1.807, 2.05) is 17.5 Å². The minimum Gasteiger partial charge on any atom is -0.468 e. The highest BCUT2D eigenvalue weighted by molar-refractivity contribution is 7.10. The fourth-order valence-electron chi connectivity index (χ4n) is 1.97. The molecular formula is C13H12N2O2S. The fourth-order valence-corrected chi connectivity index (χ4v) is 3.05. The average Bonchev–Trinajstić information content (AvgIpc) is 3.09. The van der Waals surface area contributed by atoms with Crippen molar-refractivity contribution in [1.29, 1.82) is 0 Å². The zero-order chi connectivity index (χ0) is 12.6. The van der Waals surface area contributed by atoms with Gasteiger partial charge in [-0.1, -0.05) is 0 Å². The van der Waals surface area contributed by atoms with E-state index < -0.39 is 5.41 Å². The van der Waals surface area contributed by atoms with Gasteiger partial charge >= 0.3 is 5.97 Å². The molecule has 0 radical (unpaired) electrons. The first kappa shape index (κ1) is 11.3. The summed E-state index contributed by atoms with van der Waals surface area (Å²) in [7, 11) is 1.43. The lowest BCUT2D eigenvalue weighted by molar-refractivity contribution is -0.143. The Morgan fingerprint density at radius 1 is 1.39 bits per heavy atom. The van der Waals surface area contributed by atoms with Gasteiger partial charge in [-0.2, -0.15) is 0 Å². The molecule has 18 heavy (non-hydrogen) atoms. The second-order valence-corrected chi connectivity index (χ2v) is 5.21. The van der Waals surface area contributed by atoms with Crippen molar-refractivity contribution in [1.82, 2.24) is 9.97 Å². The van der Waals surface area contributed by atoms with Crippen molar-refractivity contribution in [3.8, 4) is 11.3 Å². The quantitative estimate of drug-likeness (QED) is 0.795. The second-order valence-electron chi connectivity index (χ2n) is 4.35. The van der Waals surface area contributed by atoms with E-state index in [2.05, 4.69) is 9.97 Å². The highest BCUT2D eigenvalue weighted by Gasteiger charge is 2.55. The monoisotopic (exact) mass is 260 g/mol. The standard InChI is InChI=1S/C13H12N2O2S/c1-17-12(16)13(4-5-13)11-15-10(8-18-11)9-2-6-14-7-3-9/h2-3,6-8H,4-5H2,1H3. The maximum Gasteiger partial charge on any atom is 0.318 e. The smallest absolute Gasteiger partial charge is 0.318 e. The molecule has 0 aromatic carbocycles. The number of hydrogen-bond donors (Lipinski definition) is 0. The van der Waals surface area contributed by atoms with Crippen LogP contribution in [-0.2, 0) is 14.9 Å². The van der Waals surface area contributed by atoms with Crippen LogP contribution >= 0.6 is 11.3 Å². The van der Waals surface area contributed by atoms with Crippen molar-refractivity contribution in [2.24, 2.45) is 0 Å². The number of rotatable bonds is 3. The number of esters is 1. The summed E-state index contributed by atoms with van der Waals surface area (Å²) in [5.41, 5.74) is 1.45. The number of hydrogen-bond acceptors (Lipinski definition) is 5. The maximum atomic E-state index is 11.8. The van der Waals surface area contributed by atoms with Crippen LogP contribution in [0.2, 0.25) is 0 Å². The van der Waals surface area contributed by atoms with Crippen molar-refractivity contribution < 1.29 is 9.53 Å². The van der Waals surface area contributed by atoms with E-state index in [4.69, 9.17) is 4.74 Å². The Kier molecular flexibility index (Phi) is 2.63. The van der Waals surface area contributed by atoms with Crippen LogP contribution in [0.25, 0.3) is 11.3 Å². The molecule has 5 heteroatoms. The number of carbonyl (C=O) groups is 1. The molecule has 0 saturated heterocycles. The van der Waals surface area contributed by atoms with Crippen LogP contribution in [0.3, 0.4) is 0 Å². The summed E-state index contributed by atoms with van der Waals surface area (Å²) in [5.74, 6) is -0.168. The minimum atomic E-state index is -0.468. The van der Waals surface area contributed by atoms with Crippen molar-refractivity contribution in [2.45, 2.75) is 18.3 Å². The number of carbonyl (C=O) groups excluding carboxylic acids is 1. The van der Waals surface area contributed by atoms with Gasteiger partial charge in [0.05, 0.1) is 12.8 Å². The largest absolute Gasteiger partial charge is 0.468 e. The van der Waals surface area contributed by atoms with Crippen LogP contribution in [0.4, 0.5) is 0 Å².